The van der Waals surface area contributed by atoms with Gasteiger partial charge in [0.1, 0.15) is 0 Å². The fourth-order valence-electron chi connectivity index (χ4n) is 1.82. The SMILES string of the molecule is C=CC(=O)OC(=O)C(=C)C1CCCCC1. The summed E-state index contributed by atoms with van der Waals surface area (Å²) >= 11 is 0. The summed E-state index contributed by atoms with van der Waals surface area (Å²) < 4.78 is 4.52. The van der Waals surface area contributed by atoms with Gasteiger partial charge in [-0.05, 0) is 18.8 Å². The van der Waals surface area contributed by atoms with Crippen LogP contribution in [0.25, 0.3) is 0 Å². The minimum atomic E-state index is -0.711. The number of esters is 2. The van der Waals surface area contributed by atoms with E-state index >= 15 is 0 Å². The molecule has 0 N–H and O–H groups in total. The number of ether oxygens (including phenoxy) is 1. The third-order valence-electron chi connectivity index (χ3n) is 2.72. The van der Waals surface area contributed by atoms with Crippen molar-refractivity contribution in [2.75, 3.05) is 0 Å². The smallest absolute Gasteiger partial charge is 0.341 e. The summed E-state index contributed by atoms with van der Waals surface area (Å²) in [6.07, 6.45) is 6.36. The summed E-state index contributed by atoms with van der Waals surface area (Å²) in [5.41, 5.74) is 0.421. The summed E-state index contributed by atoms with van der Waals surface area (Å²) in [5, 5.41) is 0. The minimum Gasteiger partial charge on any atom is -0.386 e. The van der Waals surface area contributed by atoms with Crippen molar-refractivity contribution in [3.8, 4) is 0 Å². The monoisotopic (exact) mass is 208 g/mol. The van der Waals surface area contributed by atoms with Gasteiger partial charge in [0, 0.05) is 11.6 Å². The van der Waals surface area contributed by atoms with Gasteiger partial charge in [-0.3, -0.25) is 0 Å². The molecule has 0 radical (unpaired) electrons. The fraction of sp³-hybridized carbons (Fsp3) is 0.500. The maximum atomic E-state index is 11.4. The van der Waals surface area contributed by atoms with Gasteiger partial charge in [-0.2, -0.15) is 0 Å². The Labute approximate surface area is 89.8 Å². The molecule has 0 amide bonds. The molecule has 3 nitrogen and oxygen atoms in total. The van der Waals surface area contributed by atoms with Crippen molar-refractivity contribution in [1.29, 1.82) is 0 Å². The predicted octanol–water partition coefficient (Wildman–Crippen LogP) is 2.38. The lowest BCUT2D eigenvalue weighted by molar-refractivity contribution is -0.153. The largest absolute Gasteiger partial charge is 0.386 e. The van der Waals surface area contributed by atoms with E-state index in [2.05, 4.69) is 17.9 Å². The van der Waals surface area contributed by atoms with Crippen molar-refractivity contribution < 1.29 is 14.3 Å². The Bertz CT molecular complexity index is 285. The van der Waals surface area contributed by atoms with Crippen LogP contribution in [0.3, 0.4) is 0 Å². The standard InChI is InChI=1S/C12H16O3/c1-3-11(13)15-12(14)9(2)10-7-5-4-6-8-10/h3,10H,1-2,4-8H2. The first kappa shape index (κ1) is 11.7. The Morgan fingerprint density at radius 3 is 2.33 bits per heavy atom. The zero-order valence-corrected chi connectivity index (χ0v) is 8.83. The van der Waals surface area contributed by atoms with Gasteiger partial charge in [0.05, 0.1) is 0 Å². The molecule has 1 saturated carbocycles. The van der Waals surface area contributed by atoms with E-state index < -0.39 is 11.9 Å². The molecule has 1 aliphatic carbocycles. The van der Waals surface area contributed by atoms with E-state index in [1.54, 1.807) is 0 Å². The molecule has 0 aliphatic heterocycles. The number of carbonyl (C=O) groups excluding carboxylic acids is 2. The fourth-order valence-corrected chi connectivity index (χ4v) is 1.82. The lowest BCUT2D eigenvalue weighted by Crippen LogP contribution is -2.19. The van der Waals surface area contributed by atoms with Crippen LogP contribution < -0.4 is 0 Å². The molecular formula is C12H16O3. The van der Waals surface area contributed by atoms with E-state index in [9.17, 15) is 9.59 Å². The molecule has 0 aromatic carbocycles. The van der Waals surface area contributed by atoms with Crippen molar-refractivity contribution in [1.82, 2.24) is 0 Å². The highest BCUT2D eigenvalue weighted by Crippen LogP contribution is 2.29. The molecular weight excluding hydrogens is 192 g/mol. The van der Waals surface area contributed by atoms with Crippen molar-refractivity contribution in [2.24, 2.45) is 5.92 Å². The Morgan fingerprint density at radius 2 is 1.80 bits per heavy atom. The van der Waals surface area contributed by atoms with E-state index in [-0.39, 0.29) is 5.92 Å². The molecule has 15 heavy (non-hydrogen) atoms. The molecule has 0 aromatic heterocycles. The van der Waals surface area contributed by atoms with Gasteiger partial charge in [-0.1, -0.05) is 32.4 Å². The van der Waals surface area contributed by atoms with Crippen molar-refractivity contribution >= 4 is 11.9 Å². The molecule has 0 aromatic rings. The summed E-state index contributed by atoms with van der Waals surface area (Å²) in [6, 6.07) is 0. The van der Waals surface area contributed by atoms with Crippen LogP contribution >= 0.6 is 0 Å². The van der Waals surface area contributed by atoms with Crippen LogP contribution in [0.4, 0.5) is 0 Å². The average Bonchev–Trinajstić information content (AvgIpc) is 2.29. The molecule has 82 valence electrons. The third-order valence-corrected chi connectivity index (χ3v) is 2.72. The predicted molar refractivity (Wildman–Crippen MR) is 57.0 cm³/mol. The van der Waals surface area contributed by atoms with E-state index in [0.29, 0.717) is 5.57 Å². The van der Waals surface area contributed by atoms with Crippen LogP contribution in [-0.2, 0) is 14.3 Å². The summed E-state index contributed by atoms with van der Waals surface area (Å²) in [4.78, 5) is 22.2. The summed E-state index contributed by atoms with van der Waals surface area (Å²) in [6.45, 7) is 6.93. The highest BCUT2D eigenvalue weighted by molar-refractivity contribution is 5.99. The molecule has 0 heterocycles. The summed E-state index contributed by atoms with van der Waals surface area (Å²) in [7, 11) is 0. The number of carbonyl (C=O) groups is 2. The topological polar surface area (TPSA) is 43.4 Å². The number of hydrogen-bond acceptors (Lipinski definition) is 3. The van der Waals surface area contributed by atoms with Gasteiger partial charge in [0.15, 0.2) is 0 Å². The first-order valence-corrected chi connectivity index (χ1v) is 5.22. The molecule has 1 rings (SSSR count). The van der Waals surface area contributed by atoms with Crippen LogP contribution in [-0.4, -0.2) is 11.9 Å². The van der Waals surface area contributed by atoms with Crippen LogP contribution in [0.2, 0.25) is 0 Å². The first-order valence-electron chi connectivity index (χ1n) is 5.22. The van der Waals surface area contributed by atoms with Crippen LogP contribution in [0.1, 0.15) is 32.1 Å². The Morgan fingerprint density at radius 1 is 1.20 bits per heavy atom. The van der Waals surface area contributed by atoms with Gasteiger partial charge in [-0.15, -0.1) is 0 Å². The van der Waals surface area contributed by atoms with E-state index in [1.165, 1.54) is 6.42 Å². The molecule has 3 heteroatoms. The van der Waals surface area contributed by atoms with Crippen LogP contribution in [0.15, 0.2) is 24.8 Å². The second-order valence-electron chi connectivity index (χ2n) is 3.77. The van der Waals surface area contributed by atoms with E-state index in [0.717, 1.165) is 31.8 Å². The van der Waals surface area contributed by atoms with Crippen molar-refractivity contribution in [3.05, 3.63) is 24.8 Å². The normalized spacial score (nSPS) is 16.8. The third kappa shape index (κ3) is 3.35. The maximum Gasteiger partial charge on any atom is 0.341 e. The molecule has 0 atom stereocenters. The summed E-state index contributed by atoms with van der Waals surface area (Å²) in [5.74, 6) is -1.13. The molecule has 0 bridgehead atoms. The van der Waals surface area contributed by atoms with E-state index in [4.69, 9.17) is 0 Å². The Balaban J connectivity index is 2.47. The zero-order valence-electron chi connectivity index (χ0n) is 8.83. The van der Waals surface area contributed by atoms with Gasteiger partial charge < -0.3 is 4.74 Å². The molecule has 1 aliphatic rings. The maximum absolute atomic E-state index is 11.4. The zero-order chi connectivity index (χ0) is 11.3. The van der Waals surface area contributed by atoms with Gasteiger partial charge in [0.25, 0.3) is 0 Å². The lowest BCUT2D eigenvalue weighted by atomic mass is 9.84. The minimum absolute atomic E-state index is 0.184. The highest BCUT2D eigenvalue weighted by Gasteiger charge is 2.23. The first-order chi connectivity index (χ1) is 7.15. The van der Waals surface area contributed by atoms with Crippen molar-refractivity contribution in [2.45, 2.75) is 32.1 Å². The van der Waals surface area contributed by atoms with Crippen molar-refractivity contribution in [3.63, 3.8) is 0 Å². The lowest BCUT2D eigenvalue weighted by Gasteiger charge is -2.21. The second kappa shape index (κ2) is 5.49. The molecule has 1 fully saturated rings. The van der Waals surface area contributed by atoms with Gasteiger partial charge >= 0.3 is 11.9 Å². The van der Waals surface area contributed by atoms with E-state index in [1.807, 2.05) is 0 Å². The van der Waals surface area contributed by atoms with Crippen LogP contribution in [0.5, 0.6) is 0 Å². The molecule has 0 saturated heterocycles. The second-order valence-corrected chi connectivity index (χ2v) is 3.77. The Hall–Kier alpha value is -1.38. The quantitative estimate of drug-likeness (QED) is 0.406. The Kier molecular flexibility index (Phi) is 4.28. The molecule has 0 unspecified atom stereocenters. The van der Waals surface area contributed by atoms with Gasteiger partial charge in [-0.25, -0.2) is 9.59 Å². The average molecular weight is 208 g/mol. The molecule has 0 spiro atoms. The van der Waals surface area contributed by atoms with Gasteiger partial charge in [0.2, 0.25) is 0 Å². The highest BCUT2D eigenvalue weighted by atomic mass is 16.6. The van der Waals surface area contributed by atoms with Crippen LogP contribution in [0, 0.1) is 5.92 Å². The number of hydrogen-bond donors (Lipinski definition) is 0. The number of rotatable bonds is 3.